The van der Waals surface area contributed by atoms with Crippen molar-refractivity contribution >= 4 is 10.0 Å². The standard InChI is InChI=1S/C8H18O2S/c1-11(2,3)7-4-8-9-5-6-10-8/h8H,4-7H2,1-3H3. The number of ether oxygens (including phenoxy) is 2. The van der Waals surface area contributed by atoms with Crippen molar-refractivity contribution in [1.29, 1.82) is 0 Å². The second-order valence-corrected chi connectivity index (χ2v) is 8.34. The lowest BCUT2D eigenvalue weighted by Gasteiger charge is -2.25. The molecule has 68 valence electrons. The normalized spacial score (nSPS) is 22.5. The second kappa shape index (κ2) is 3.78. The van der Waals surface area contributed by atoms with E-state index in [1.807, 2.05) is 0 Å². The molecule has 1 heterocycles. The number of hydrogen-bond acceptors (Lipinski definition) is 2. The second-order valence-electron chi connectivity index (χ2n) is 3.75. The molecule has 0 atom stereocenters. The van der Waals surface area contributed by atoms with Crippen LogP contribution < -0.4 is 0 Å². The summed E-state index contributed by atoms with van der Waals surface area (Å²) in [5.41, 5.74) is 0. The van der Waals surface area contributed by atoms with E-state index >= 15 is 0 Å². The fraction of sp³-hybridized carbons (Fsp3) is 1.00. The molecule has 0 amide bonds. The molecular weight excluding hydrogens is 160 g/mol. The van der Waals surface area contributed by atoms with E-state index < -0.39 is 0 Å². The summed E-state index contributed by atoms with van der Waals surface area (Å²) in [6.45, 7) is 1.56. The predicted molar refractivity (Wildman–Crippen MR) is 50.5 cm³/mol. The fourth-order valence-corrected chi connectivity index (χ4v) is 1.92. The minimum absolute atomic E-state index is 0.0988. The molecule has 11 heavy (non-hydrogen) atoms. The van der Waals surface area contributed by atoms with Crippen LogP contribution in [0.15, 0.2) is 0 Å². The van der Waals surface area contributed by atoms with Crippen molar-refractivity contribution in [2.24, 2.45) is 0 Å². The van der Waals surface area contributed by atoms with Crippen molar-refractivity contribution in [3.05, 3.63) is 0 Å². The first-order chi connectivity index (χ1) is 5.08. The Labute approximate surface area is 70.6 Å². The first-order valence-corrected chi connectivity index (χ1v) is 7.00. The van der Waals surface area contributed by atoms with Crippen LogP contribution in [0.1, 0.15) is 6.42 Å². The smallest absolute Gasteiger partial charge is 0.158 e. The highest BCUT2D eigenvalue weighted by Gasteiger charge is 2.17. The Morgan fingerprint density at radius 3 is 2.18 bits per heavy atom. The van der Waals surface area contributed by atoms with Gasteiger partial charge < -0.3 is 9.47 Å². The highest BCUT2D eigenvalue weighted by Crippen LogP contribution is 2.36. The molecule has 0 radical (unpaired) electrons. The van der Waals surface area contributed by atoms with Gasteiger partial charge in [0.15, 0.2) is 6.29 Å². The third kappa shape index (κ3) is 3.99. The summed E-state index contributed by atoms with van der Waals surface area (Å²) in [7, 11) is -0.372. The fourth-order valence-electron chi connectivity index (χ4n) is 1.02. The SMILES string of the molecule is CS(C)(C)CCC1OCCO1. The minimum Gasteiger partial charge on any atom is -0.350 e. The van der Waals surface area contributed by atoms with Crippen LogP contribution in [0.4, 0.5) is 0 Å². The molecule has 1 aliphatic rings. The van der Waals surface area contributed by atoms with Gasteiger partial charge in [0.1, 0.15) is 0 Å². The lowest BCUT2D eigenvalue weighted by atomic mass is 10.5. The van der Waals surface area contributed by atoms with Crippen LogP contribution in [0.2, 0.25) is 0 Å². The molecule has 0 bridgehead atoms. The molecule has 0 unspecified atom stereocenters. The maximum absolute atomic E-state index is 5.34. The predicted octanol–water partition coefficient (Wildman–Crippen LogP) is 1.44. The summed E-state index contributed by atoms with van der Waals surface area (Å²) in [6.07, 6.45) is 8.13. The van der Waals surface area contributed by atoms with Crippen molar-refractivity contribution in [1.82, 2.24) is 0 Å². The molecule has 0 saturated carbocycles. The Morgan fingerprint density at radius 1 is 1.18 bits per heavy atom. The molecule has 1 rings (SSSR count). The maximum Gasteiger partial charge on any atom is 0.158 e. The Kier molecular flexibility index (Phi) is 3.22. The zero-order chi connectivity index (χ0) is 8.32. The largest absolute Gasteiger partial charge is 0.350 e. The van der Waals surface area contributed by atoms with E-state index in [-0.39, 0.29) is 16.3 Å². The number of rotatable bonds is 3. The summed E-state index contributed by atoms with van der Waals surface area (Å²) in [4.78, 5) is 0. The molecule has 1 aliphatic heterocycles. The van der Waals surface area contributed by atoms with E-state index in [1.165, 1.54) is 5.75 Å². The van der Waals surface area contributed by atoms with Gasteiger partial charge in [-0.3, -0.25) is 0 Å². The van der Waals surface area contributed by atoms with Crippen molar-refractivity contribution in [2.75, 3.05) is 37.7 Å². The van der Waals surface area contributed by atoms with Crippen LogP contribution in [0.3, 0.4) is 0 Å². The third-order valence-electron chi connectivity index (χ3n) is 1.66. The Morgan fingerprint density at radius 2 is 1.73 bits per heavy atom. The number of hydrogen-bond donors (Lipinski definition) is 0. The van der Waals surface area contributed by atoms with E-state index in [0.717, 1.165) is 19.6 Å². The molecule has 0 aliphatic carbocycles. The van der Waals surface area contributed by atoms with Gasteiger partial charge in [0.25, 0.3) is 0 Å². The molecule has 0 aromatic carbocycles. The van der Waals surface area contributed by atoms with E-state index in [4.69, 9.17) is 9.47 Å². The van der Waals surface area contributed by atoms with Crippen molar-refractivity contribution < 1.29 is 9.47 Å². The van der Waals surface area contributed by atoms with Gasteiger partial charge in [0.05, 0.1) is 13.2 Å². The van der Waals surface area contributed by atoms with Crippen LogP contribution in [-0.4, -0.2) is 44.0 Å². The molecule has 2 nitrogen and oxygen atoms in total. The Bertz CT molecular complexity index is 114. The highest BCUT2D eigenvalue weighted by atomic mass is 32.3. The summed E-state index contributed by atoms with van der Waals surface area (Å²) < 4.78 is 10.7. The van der Waals surface area contributed by atoms with E-state index in [9.17, 15) is 0 Å². The Hall–Kier alpha value is 0.270. The van der Waals surface area contributed by atoms with Gasteiger partial charge in [0, 0.05) is 6.42 Å². The molecule has 0 aromatic heterocycles. The van der Waals surface area contributed by atoms with E-state index in [0.29, 0.717) is 0 Å². The van der Waals surface area contributed by atoms with Crippen molar-refractivity contribution in [3.8, 4) is 0 Å². The van der Waals surface area contributed by atoms with Crippen LogP contribution in [0.25, 0.3) is 0 Å². The van der Waals surface area contributed by atoms with Crippen LogP contribution in [0, 0.1) is 0 Å². The molecule has 1 saturated heterocycles. The van der Waals surface area contributed by atoms with Gasteiger partial charge in [0.2, 0.25) is 0 Å². The average Bonchev–Trinajstić information content (AvgIpc) is 2.32. The topological polar surface area (TPSA) is 18.5 Å². The summed E-state index contributed by atoms with van der Waals surface area (Å²) >= 11 is 0. The maximum atomic E-state index is 5.34. The van der Waals surface area contributed by atoms with Crippen molar-refractivity contribution in [3.63, 3.8) is 0 Å². The molecule has 0 spiro atoms. The van der Waals surface area contributed by atoms with Crippen LogP contribution in [-0.2, 0) is 9.47 Å². The summed E-state index contributed by atoms with van der Waals surface area (Å²) in [5.74, 6) is 1.25. The molecule has 3 heteroatoms. The van der Waals surface area contributed by atoms with E-state index in [1.54, 1.807) is 0 Å². The zero-order valence-electron chi connectivity index (χ0n) is 7.63. The van der Waals surface area contributed by atoms with E-state index in [2.05, 4.69) is 18.8 Å². The summed E-state index contributed by atoms with van der Waals surface area (Å²) in [5, 5.41) is 0. The van der Waals surface area contributed by atoms with Gasteiger partial charge in [-0.1, -0.05) is 0 Å². The van der Waals surface area contributed by atoms with Crippen LogP contribution in [0.5, 0.6) is 0 Å². The first-order valence-electron chi connectivity index (χ1n) is 3.97. The van der Waals surface area contributed by atoms with Gasteiger partial charge in [-0.15, -0.1) is 0 Å². The van der Waals surface area contributed by atoms with Crippen molar-refractivity contribution in [2.45, 2.75) is 12.7 Å². The lowest BCUT2D eigenvalue weighted by Crippen LogP contribution is -2.12. The monoisotopic (exact) mass is 178 g/mol. The van der Waals surface area contributed by atoms with Gasteiger partial charge >= 0.3 is 0 Å². The van der Waals surface area contributed by atoms with Gasteiger partial charge in [-0.25, -0.2) is 10.0 Å². The third-order valence-corrected chi connectivity index (χ3v) is 3.12. The zero-order valence-corrected chi connectivity index (χ0v) is 8.45. The quantitative estimate of drug-likeness (QED) is 0.651. The van der Waals surface area contributed by atoms with Gasteiger partial charge in [-0.05, 0) is 24.5 Å². The highest BCUT2D eigenvalue weighted by molar-refractivity contribution is 8.32. The van der Waals surface area contributed by atoms with Gasteiger partial charge in [-0.2, -0.15) is 0 Å². The minimum atomic E-state index is -0.372. The first kappa shape index (κ1) is 9.36. The molecule has 1 fully saturated rings. The molecular formula is C8H18O2S. The average molecular weight is 178 g/mol. The Balaban J connectivity index is 2.11. The molecule has 0 aromatic rings. The molecule has 0 N–H and O–H groups in total. The van der Waals surface area contributed by atoms with Crippen LogP contribution >= 0.6 is 10.0 Å². The lowest BCUT2D eigenvalue weighted by molar-refractivity contribution is -0.0422. The summed E-state index contributed by atoms with van der Waals surface area (Å²) in [6, 6.07) is 0.